The molecular weight excluding hydrogens is 188 g/mol. The summed E-state index contributed by atoms with van der Waals surface area (Å²) in [6.07, 6.45) is 12.4. The molecule has 15 heavy (non-hydrogen) atoms. The number of carbonyl (C=O) groups is 1. The molecule has 0 aromatic carbocycles. The second-order valence-corrected chi connectivity index (χ2v) is 3.87. The molecule has 0 aliphatic carbocycles. The molecule has 3 heteroatoms. The molecule has 0 bridgehead atoms. The van der Waals surface area contributed by atoms with Crippen LogP contribution in [-0.4, -0.2) is 23.5 Å². The van der Waals surface area contributed by atoms with Gasteiger partial charge in [0.25, 0.3) is 0 Å². The van der Waals surface area contributed by atoms with Gasteiger partial charge in [0.1, 0.15) is 0 Å². The molecule has 1 unspecified atom stereocenters. The average molecular weight is 208 g/mol. The molecule has 84 valence electrons. The molecule has 0 saturated carbocycles. The highest BCUT2D eigenvalue weighted by Gasteiger charge is 2.23. The van der Waals surface area contributed by atoms with Crippen LogP contribution >= 0.6 is 0 Å². The SMILES string of the molecule is C/C=C/C=C/CC1CCCCN1C(N)=O. The smallest absolute Gasteiger partial charge is 0.315 e. The number of allylic oxidation sites excluding steroid dienone is 3. The van der Waals surface area contributed by atoms with Crippen molar-refractivity contribution in [2.75, 3.05) is 6.54 Å². The zero-order chi connectivity index (χ0) is 11.1. The summed E-state index contributed by atoms with van der Waals surface area (Å²) in [5.74, 6) is 0. The van der Waals surface area contributed by atoms with E-state index >= 15 is 0 Å². The van der Waals surface area contributed by atoms with Gasteiger partial charge in [0.2, 0.25) is 0 Å². The van der Waals surface area contributed by atoms with Crippen LogP contribution in [0.2, 0.25) is 0 Å². The Hall–Kier alpha value is -1.25. The lowest BCUT2D eigenvalue weighted by Crippen LogP contribution is -2.46. The molecule has 2 N–H and O–H groups in total. The molecule has 1 atom stereocenters. The van der Waals surface area contributed by atoms with Crippen molar-refractivity contribution in [1.82, 2.24) is 4.90 Å². The quantitative estimate of drug-likeness (QED) is 0.711. The highest BCUT2D eigenvalue weighted by Crippen LogP contribution is 2.19. The van der Waals surface area contributed by atoms with Gasteiger partial charge in [-0.1, -0.05) is 24.3 Å². The van der Waals surface area contributed by atoms with Gasteiger partial charge in [0.15, 0.2) is 0 Å². The van der Waals surface area contributed by atoms with Crippen LogP contribution < -0.4 is 5.73 Å². The molecule has 0 aromatic rings. The first-order valence-corrected chi connectivity index (χ1v) is 5.59. The van der Waals surface area contributed by atoms with Crippen molar-refractivity contribution in [2.24, 2.45) is 5.73 Å². The minimum absolute atomic E-state index is 0.279. The summed E-state index contributed by atoms with van der Waals surface area (Å²) in [6, 6.07) is 0.0249. The Morgan fingerprint density at radius 3 is 2.93 bits per heavy atom. The second-order valence-electron chi connectivity index (χ2n) is 3.87. The average Bonchev–Trinajstić information content (AvgIpc) is 2.25. The molecule has 1 aliphatic rings. The monoisotopic (exact) mass is 208 g/mol. The molecule has 2 amide bonds. The van der Waals surface area contributed by atoms with Gasteiger partial charge in [-0.3, -0.25) is 0 Å². The van der Waals surface area contributed by atoms with E-state index in [0.29, 0.717) is 6.04 Å². The fourth-order valence-electron chi connectivity index (χ4n) is 1.96. The third kappa shape index (κ3) is 3.78. The van der Waals surface area contributed by atoms with Crippen molar-refractivity contribution >= 4 is 6.03 Å². The molecular formula is C12H20N2O. The maximum absolute atomic E-state index is 11.2. The van der Waals surface area contributed by atoms with Crippen LogP contribution in [0.5, 0.6) is 0 Å². The van der Waals surface area contributed by atoms with E-state index in [2.05, 4.69) is 6.08 Å². The fraction of sp³-hybridized carbons (Fsp3) is 0.583. The maximum Gasteiger partial charge on any atom is 0.315 e. The third-order valence-electron chi connectivity index (χ3n) is 2.76. The van der Waals surface area contributed by atoms with E-state index in [1.165, 1.54) is 6.42 Å². The number of primary amides is 1. The summed E-state index contributed by atoms with van der Waals surface area (Å²) >= 11 is 0. The van der Waals surface area contributed by atoms with Gasteiger partial charge in [0, 0.05) is 12.6 Å². The number of rotatable bonds is 3. The standard InChI is InChI=1S/C12H20N2O/c1-2-3-4-5-8-11-9-6-7-10-14(11)12(13)15/h2-5,11H,6-10H2,1H3,(H2,13,15)/b3-2+,5-4+. The van der Waals surface area contributed by atoms with Crippen molar-refractivity contribution in [3.63, 3.8) is 0 Å². The predicted octanol–water partition coefficient (Wildman–Crippen LogP) is 2.44. The van der Waals surface area contributed by atoms with Gasteiger partial charge in [-0.15, -0.1) is 0 Å². The van der Waals surface area contributed by atoms with Gasteiger partial charge in [0.05, 0.1) is 0 Å². The Kier molecular flexibility index (Phi) is 4.95. The fourth-order valence-corrected chi connectivity index (χ4v) is 1.96. The molecule has 1 heterocycles. The molecule has 1 aliphatic heterocycles. The first-order chi connectivity index (χ1) is 7.25. The van der Waals surface area contributed by atoms with Crippen LogP contribution in [-0.2, 0) is 0 Å². The number of hydrogen-bond donors (Lipinski definition) is 1. The number of nitrogens with zero attached hydrogens (tertiary/aromatic N) is 1. The van der Waals surface area contributed by atoms with Crippen LogP contribution in [0.15, 0.2) is 24.3 Å². The molecule has 0 aromatic heterocycles. The zero-order valence-corrected chi connectivity index (χ0v) is 9.36. The van der Waals surface area contributed by atoms with Crippen LogP contribution in [0.3, 0.4) is 0 Å². The minimum atomic E-state index is -0.279. The van der Waals surface area contributed by atoms with E-state index in [1.807, 2.05) is 25.2 Å². The van der Waals surface area contributed by atoms with Crippen LogP contribution in [0.4, 0.5) is 4.79 Å². The summed E-state index contributed by atoms with van der Waals surface area (Å²) in [6.45, 7) is 2.80. The van der Waals surface area contributed by atoms with E-state index in [0.717, 1.165) is 25.8 Å². The predicted molar refractivity (Wildman–Crippen MR) is 62.5 cm³/mol. The minimum Gasteiger partial charge on any atom is -0.351 e. The molecule has 1 saturated heterocycles. The number of urea groups is 1. The summed E-state index contributed by atoms with van der Waals surface area (Å²) in [7, 11) is 0. The normalized spacial score (nSPS) is 22.7. The highest BCUT2D eigenvalue weighted by molar-refractivity contribution is 5.72. The molecule has 1 rings (SSSR count). The van der Waals surface area contributed by atoms with Gasteiger partial charge in [-0.2, -0.15) is 0 Å². The van der Waals surface area contributed by atoms with Crippen LogP contribution in [0.25, 0.3) is 0 Å². The topological polar surface area (TPSA) is 46.3 Å². The number of amides is 2. The number of piperidine rings is 1. The van der Waals surface area contributed by atoms with Gasteiger partial charge in [-0.05, 0) is 32.6 Å². The summed E-state index contributed by atoms with van der Waals surface area (Å²) in [5, 5.41) is 0. The highest BCUT2D eigenvalue weighted by atomic mass is 16.2. The van der Waals surface area contributed by atoms with Crippen molar-refractivity contribution < 1.29 is 4.79 Å². The van der Waals surface area contributed by atoms with Gasteiger partial charge >= 0.3 is 6.03 Å². The van der Waals surface area contributed by atoms with Crippen LogP contribution in [0.1, 0.15) is 32.6 Å². The van der Waals surface area contributed by atoms with E-state index in [1.54, 1.807) is 4.90 Å². The summed E-state index contributed by atoms with van der Waals surface area (Å²) in [5.41, 5.74) is 5.34. The summed E-state index contributed by atoms with van der Waals surface area (Å²) in [4.78, 5) is 13.0. The Morgan fingerprint density at radius 2 is 2.27 bits per heavy atom. The number of carbonyl (C=O) groups excluding carboxylic acids is 1. The molecule has 0 radical (unpaired) electrons. The maximum atomic E-state index is 11.2. The second kappa shape index (κ2) is 6.27. The lowest BCUT2D eigenvalue weighted by atomic mass is 9.99. The first kappa shape index (κ1) is 11.8. The molecule has 0 spiro atoms. The Bertz CT molecular complexity index is 258. The first-order valence-electron chi connectivity index (χ1n) is 5.59. The van der Waals surface area contributed by atoms with E-state index in [9.17, 15) is 4.79 Å². The number of likely N-dealkylation sites (tertiary alicyclic amines) is 1. The summed E-state index contributed by atoms with van der Waals surface area (Å²) < 4.78 is 0. The van der Waals surface area contributed by atoms with Crippen molar-refractivity contribution in [1.29, 1.82) is 0 Å². The lowest BCUT2D eigenvalue weighted by Gasteiger charge is -2.33. The van der Waals surface area contributed by atoms with Crippen LogP contribution in [0, 0.1) is 0 Å². The third-order valence-corrected chi connectivity index (χ3v) is 2.76. The zero-order valence-electron chi connectivity index (χ0n) is 9.36. The van der Waals surface area contributed by atoms with Gasteiger partial charge < -0.3 is 10.6 Å². The number of hydrogen-bond acceptors (Lipinski definition) is 1. The Balaban J connectivity index is 2.46. The largest absolute Gasteiger partial charge is 0.351 e. The van der Waals surface area contributed by atoms with Gasteiger partial charge in [-0.25, -0.2) is 4.79 Å². The molecule has 1 fully saturated rings. The molecule has 3 nitrogen and oxygen atoms in total. The van der Waals surface area contributed by atoms with Crippen molar-refractivity contribution in [2.45, 2.75) is 38.6 Å². The van der Waals surface area contributed by atoms with E-state index < -0.39 is 0 Å². The van der Waals surface area contributed by atoms with Crippen molar-refractivity contribution in [3.8, 4) is 0 Å². The number of nitrogens with two attached hydrogens (primary N) is 1. The van der Waals surface area contributed by atoms with E-state index in [4.69, 9.17) is 5.73 Å². The Labute approximate surface area is 91.6 Å². The van der Waals surface area contributed by atoms with E-state index in [-0.39, 0.29) is 6.03 Å². The van der Waals surface area contributed by atoms with Crippen molar-refractivity contribution in [3.05, 3.63) is 24.3 Å². The Morgan fingerprint density at radius 1 is 1.47 bits per heavy atom. The lowest BCUT2D eigenvalue weighted by molar-refractivity contribution is 0.160.